The fourth-order valence-corrected chi connectivity index (χ4v) is 3.91. The molecule has 10 heteroatoms. The molecule has 0 bridgehead atoms. The number of halogens is 1. The maximum absolute atomic E-state index is 15.4. The lowest BCUT2D eigenvalue weighted by Crippen LogP contribution is -2.42. The van der Waals surface area contributed by atoms with Crippen LogP contribution in [0.15, 0.2) is 10.6 Å². The van der Waals surface area contributed by atoms with Crippen LogP contribution in [0.4, 0.5) is 20.7 Å². The van der Waals surface area contributed by atoms with Gasteiger partial charge in [0.2, 0.25) is 5.58 Å². The number of morpholine rings is 1. The molecule has 2 aliphatic heterocycles. The van der Waals surface area contributed by atoms with Crippen LogP contribution >= 0.6 is 0 Å². The van der Waals surface area contributed by atoms with Crippen molar-refractivity contribution in [1.82, 2.24) is 5.16 Å². The van der Waals surface area contributed by atoms with Gasteiger partial charge in [0.25, 0.3) is 0 Å². The quantitative estimate of drug-likeness (QED) is 0.698. The zero-order valence-corrected chi connectivity index (χ0v) is 16.4. The van der Waals surface area contributed by atoms with Crippen LogP contribution in [-0.2, 0) is 14.2 Å². The Hall–Kier alpha value is -2.72. The first-order valence-corrected chi connectivity index (χ1v) is 9.38. The van der Waals surface area contributed by atoms with Crippen LogP contribution in [-0.4, -0.2) is 69.2 Å². The molecule has 4 rings (SSSR count). The van der Waals surface area contributed by atoms with Crippen molar-refractivity contribution in [1.29, 1.82) is 0 Å². The summed E-state index contributed by atoms with van der Waals surface area (Å²) in [6.45, 7) is 5.13. The number of benzene rings is 1. The highest BCUT2D eigenvalue weighted by molar-refractivity contribution is 6.03. The molecule has 3 atom stereocenters. The number of hydrogen-bond donors (Lipinski definition) is 0. The van der Waals surface area contributed by atoms with E-state index in [0.29, 0.717) is 26.0 Å². The number of fused-ring (bicyclic) bond motifs is 1. The molecule has 0 saturated carbocycles. The van der Waals surface area contributed by atoms with Gasteiger partial charge in [-0.25, -0.2) is 14.1 Å². The van der Waals surface area contributed by atoms with E-state index in [1.807, 2.05) is 6.92 Å². The minimum Gasteiger partial charge on any atom is -0.444 e. The molecule has 2 aromatic rings. The topological polar surface area (TPSA) is 94.3 Å². The number of methoxy groups -OCH3 is 1. The van der Waals surface area contributed by atoms with E-state index in [9.17, 15) is 9.59 Å². The van der Waals surface area contributed by atoms with Gasteiger partial charge in [-0.3, -0.25) is 4.79 Å². The number of aldehydes is 1. The van der Waals surface area contributed by atoms with Crippen LogP contribution in [0.5, 0.6) is 0 Å². The summed E-state index contributed by atoms with van der Waals surface area (Å²) in [4.78, 5) is 27.2. The number of nitrogens with zero attached hydrogens (tertiary/aromatic N) is 3. The Balaban J connectivity index is 1.82. The van der Waals surface area contributed by atoms with Crippen molar-refractivity contribution in [3.05, 3.63) is 17.4 Å². The number of ether oxygens (including phenoxy) is 3. The summed E-state index contributed by atoms with van der Waals surface area (Å²) in [5.41, 5.74) is 0.178. The van der Waals surface area contributed by atoms with E-state index in [0.717, 1.165) is 0 Å². The zero-order valence-electron chi connectivity index (χ0n) is 16.4. The summed E-state index contributed by atoms with van der Waals surface area (Å²) >= 11 is 0. The van der Waals surface area contributed by atoms with Crippen LogP contribution in [0.2, 0.25) is 0 Å². The third-order valence-corrected chi connectivity index (χ3v) is 5.30. The lowest BCUT2D eigenvalue weighted by Gasteiger charge is -2.33. The third kappa shape index (κ3) is 3.22. The zero-order chi connectivity index (χ0) is 20.7. The molecule has 3 unspecified atom stereocenters. The molecule has 2 aliphatic rings. The summed E-state index contributed by atoms with van der Waals surface area (Å²) in [5.74, 6) is -0.596. The number of anilines is 2. The van der Waals surface area contributed by atoms with Gasteiger partial charge in [0.05, 0.1) is 30.4 Å². The van der Waals surface area contributed by atoms with Gasteiger partial charge >= 0.3 is 6.09 Å². The Morgan fingerprint density at radius 3 is 2.90 bits per heavy atom. The molecule has 0 N–H and O–H groups in total. The second kappa shape index (κ2) is 7.60. The van der Waals surface area contributed by atoms with Gasteiger partial charge in [0.1, 0.15) is 12.1 Å². The Labute approximate surface area is 166 Å². The number of carbonyl (C=O) groups is 2. The minimum atomic E-state index is -0.693. The van der Waals surface area contributed by atoms with E-state index >= 15 is 4.39 Å². The van der Waals surface area contributed by atoms with Crippen molar-refractivity contribution >= 4 is 34.9 Å². The second-order valence-corrected chi connectivity index (χ2v) is 7.24. The lowest BCUT2D eigenvalue weighted by molar-refractivity contribution is 0.0529. The highest BCUT2D eigenvalue weighted by atomic mass is 19.1. The molecule has 2 saturated heterocycles. The predicted molar refractivity (Wildman–Crippen MR) is 101 cm³/mol. The first-order valence-electron chi connectivity index (χ1n) is 9.38. The number of hydrogen-bond acceptors (Lipinski definition) is 8. The van der Waals surface area contributed by atoms with Crippen molar-refractivity contribution in [3.63, 3.8) is 0 Å². The summed E-state index contributed by atoms with van der Waals surface area (Å²) in [6, 6.07) is 1.04. The SMILES string of the molecule is COCC1C(C)OC(=O)N1c1noc2c(F)c(N3CCOC(C)C3)c(C=O)cc12. The average Bonchev–Trinajstić information content (AvgIpc) is 3.22. The molecular formula is C19H22FN3O6. The largest absolute Gasteiger partial charge is 0.444 e. The van der Waals surface area contributed by atoms with Crippen LogP contribution in [0.3, 0.4) is 0 Å². The highest BCUT2D eigenvalue weighted by Crippen LogP contribution is 2.38. The van der Waals surface area contributed by atoms with Crippen molar-refractivity contribution < 1.29 is 32.7 Å². The average molecular weight is 407 g/mol. The van der Waals surface area contributed by atoms with E-state index < -0.39 is 24.1 Å². The van der Waals surface area contributed by atoms with Gasteiger partial charge in [0.15, 0.2) is 17.9 Å². The molecule has 9 nitrogen and oxygen atoms in total. The van der Waals surface area contributed by atoms with E-state index in [2.05, 4.69) is 5.16 Å². The van der Waals surface area contributed by atoms with Crippen molar-refractivity contribution in [2.75, 3.05) is 43.2 Å². The second-order valence-electron chi connectivity index (χ2n) is 7.24. The van der Waals surface area contributed by atoms with Gasteiger partial charge in [0, 0.05) is 25.8 Å². The molecule has 156 valence electrons. The smallest absolute Gasteiger partial charge is 0.416 e. The van der Waals surface area contributed by atoms with Crippen molar-refractivity contribution in [2.45, 2.75) is 32.1 Å². The Morgan fingerprint density at radius 1 is 1.41 bits per heavy atom. The summed E-state index contributed by atoms with van der Waals surface area (Å²) in [6.07, 6.45) is -0.585. The fourth-order valence-electron chi connectivity index (χ4n) is 3.91. The molecule has 29 heavy (non-hydrogen) atoms. The first-order chi connectivity index (χ1) is 14.0. The fraction of sp³-hybridized carbons (Fsp3) is 0.526. The van der Waals surface area contributed by atoms with Crippen LogP contribution in [0, 0.1) is 5.82 Å². The van der Waals surface area contributed by atoms with Gasteiger partial charge in [-0.2, -0.15) is 0 Å². The predicted octanol–water partition coefficient (Wildman–Crippen LogP) is 2.36. The molecule has 0 radical (unpaired) electrons. The number of carbonyl (C=O) groups excluding carboxylic acids is 2. The summed E-state index contributed by atoms with van der Waals surface area (Å²) in [5, 5.41) is 4.15. The summed E-state index contributed by atoms with van der Waals surface area (Å²) < 4.78 is 36.6. The van der Waals surface area contributed by atoms with Crippen LogP contribution in [0.1, 0.15) is 24.2 Å². The van der Waals surface area contributed by atoms with Crippen LogP contribution in [0.25, 0.3) is 11.0 Å². The van der Waals surface area contributed by atoms with Gasteiger partial charge in [-0.1, -0.05) is 5.16 Å². The van der Waals surface area contributed by atoms with E-state index in [-0.39, 0.29) is 40.7 Å². The number of rotatable bonds is 5. The molecule has 1 amide bonds. The molecule has 0 spiro atoms. The normalized spacial score (nSPS) is 25.0. The highest BCUT2D eigenvalue weighted by Gasteiger charge is 2.43. The Bertz CT molecular complexity index is 948. The van der Waals surface area contributed by atoms with Gasteiger partial charge in [-0.15, -0.1) is 0 Å². The van der Waals surface area contributed by atoms with E-state index in [1.165, 1.54) is 18.1 Å². The molecule has 3 heterocycles. The number of aromatic nitrogens is 1. The maximum atomic E-state index is 15.4. The Morgan fingerprint density at radius 2 is 2.21 bits per heavy atom. The lowest BCUT2D eigenvalue weighted by atomic mass is 10.1. The van der Waals surface area contributed by atoms with Gasteiger partial charge in [-0.05, 0) is 19.9 Å². The molecule has 2 fully saturated rings. The van der Waals surface area contributed by atoms with E-state index in [4.69, 9.17) is 18.7 Å². The minimum absolute atomic E-state index is 0.0975. The molecule has 1 aromatic carbocycles. The van der Waals surface area contributed by atoms with Crippen LogP contribution < -0.4 is 9.80 Å². The standard InChI is InChI=1S/C19H22FN3O6/c1-10-7-22(4-5-27-10)16-12(8-24)6-13-17(15(16)20)29-21-18(13)23-14(9-26-3)11(2)28-19(23)25/h6,8,10-11,14H,4-5,7,9H2,1-3H3. The molecule has 1 aromatic heterocycles. The Kier molecular flexibility index (Phi) is 5.13. The molecular weight excluding hydrogens is 385 g/mol. The maximum Gasteiger partial charge on any atom is 0.416 e. The number of cyclic esters (lactones) is 1. The summed E-state index contributed by atoms with van der Waals surface area (Å²) in [7, 11) is 1.51. The first kappa shape index (κ1) is 19.6. The number of amides is 1. The van der Waals surface area contributed by atoms with Crippen molar-refractivity contribution in [2.24, 2.45) is 0 Å². The van der Waals surface area contributed by atoms with Gasteiger partial charge < -0.3 is 23.6 Å². The molecule has 0 aliphatic carbocycles. The van der Waals surface area contributed by atoms with Crippen molar-refractivity contribution in [3.8, 4) is 0 Å². The monoisotopic (exact) mass is 407 g/mol. The third-order valence-electron chi connectivity index (χ3n) is 5.30. The van der Waals surface area contributed by atoms with E-state index in [1.54, 1.807) is 11.8 Å².